The molecule has 2 fully saturated rings. The second-order valence-electron chi connectivity index (χ2n) is 5.97. The molecule has 2 aliphatic rings. The molecule has 18 heavy (non-hydrogen) atoms. The predicted octanol–water partition coefficient (Wildman–Crippen LogP) is 2.56. The minimum Gasteiger partial charge on any atom is -0.384 e. The Morgan fingerprint density at radius 3 is 2.67 bits per heavy atom. The van der Waals surface area contributed by atoms with Gasteiger partial charge in [-0.2, -0.15) is 0 Å². The Labute approximate surface area is 109 Å². The van der Waals surface area contributed by atoms with Gasteiger partial charge in [-0.3, -0.25) is 0 Å². The quantitative estimate of drug-likeness (QED) is 0.871. The second-order valence-corrected chi connectivity index (χ2v) is 5.97. The van der Waals surface area contributed by atoms with E-state index in [-0.39, 0.29) is 0 Å². The van der Waals surface area contributed by atoms with Gasteiger partial charge in [-0.1, -0.05) is 6.92 Å². The van der Waals surface area contributed by atoms with Crippen molar-refractivity contribution in [1.82, 2.24) is 9.97 Å². The number of nitrogens with zero attached hydrogens (tertiary/aromatic N) is 3. The first-order chi connectivity index (χ1) is 8.63. The van der Waals surface area contributed by atoms with Gasteiger partial charge >= 0.3 is 0 Å². The molecule has 98 valence electrons. The largest absolute Gasteiger partial charge is 0.384 e. The molecule has 1 aromatic rings. The third-order valence-corrected chi connectivity index (χ3v) is 4.10. The first kappa shape index (κ1) is 11.8. The Kier molecular flexibility index (Phi) is 2.88. The normalized spacial score (nSPS) is 28.4. The molecular formula is C14H22N4. The van der Waals surface area contributed by atoms with Gasteiger partial charge in [-0.25, -0.2) is 9.97 Å². The van der Waals surface area contributed by atoms with E-state index in [2.05, 4.69) is 23.7 Å². The van der Waals surface area contributed by atoms with Gasteiger partial charge in [-0.05, 0) is 38.5 Å². The van der Waals surface area contributed by atoms with Crippen molar-refractivity contribution in [2.45, 2.75) is 51.5 Å². The number of nitrogens with two attached hydrogens (primary N) is 1. The summed E-state index contributed by atoms with van der Waals surface area (Å²) in [6.07, 6.45) is 4.99. The van der Waals surface area contributed by atoms with Gasteiger partial charge in [0.25, 0.3) is 0 Å². The van der Waals surface area contributed by atoms with E-state index in [1.807, 2.05) is 6.07 Å². The number of hydrogen-bond acceptors (Lipinski definition) is 4. The van der Waals surface area contributed by atoms with Crippen molar-refractivity contribution in [3.63, 3.8) is 0 Å². The minimum atomic E-state index is 0.558. The van der Waals surface area contributed by atoms with Crippen LogP contribution in [0.2, 0.25) is 0 Å². The molecule has 2 N–H and O–H groups in total. The first-order valence-corrected chi connectivity index (χ1v) is 7.04. The van der Waals surface area contributed by atoms with E-state index in [9.17, 15) is 0 Å². The first-order valence-electron chi connectivity index (χ1n) is 7.04. The van der Waals surface area contributed by atoms with Crippen molar-refractivity contribution in [2.75, 3.05) is 17.2 Å². The maximum Gasteiger partial charge on any atom is 0.136 e. The molecule has 1 aliphatic carbocycles. The zero-order chi connectivity index (χ0) is 12.7. The lowest BCUT2D eigenvalue weighted by atomic mass is 9.95. The second kappa shape index (κ2) is 4.41. The van der Waals surface area contributed by atoms with Gasteiger partial charge in [0.2, 0.25) is 0 Å². The number of aromatic nitrogens is 2. The fourth-order valence-electron chi connectivity index (χ4n) is 2.75. The Hall–Kier alpha value is -1.32. The Bertz CT molecular complexity index is 441. The van der Waals surface area contributed by atoms with Gasteiger partial charge in [0, 0.05) is 24.6 Å². The third kappa shape index (κ3) is 2.28. The minimum absolute atomic E-state index is 0.558. The average molecular weight is 246 g/mol. The molecule has 0 bridgehead atoms. The standard InChI is InChI=1S/C14H22N4/c1-9-3-4-10(2)18(8-9)13-7-12(15)16-14(17-13)11-5-6-11/h7,9-11H,3-6,8H2,1-2H3,(H2,15,16,17). The number of nitrogen functional groups attached to an aromatic ring is 1. The van der Waals surface area contributed by atoms with Crippen LogP contribution in [-0.4, -0.2) is 22.6 Å². The van der Waals surface area contributed by atoms with Gasteiger partial charge in [-0.15, -0.1) is 0 Å². The molecule has 0 spiro atoms. The molecule has 1 saturated carbocycles. The number of hydrogen-bond donors (Lipinski definition) is 1. The summed E-state index contributed by atoms with van der Waals surface area (Å²) < 4.78 is 0. The monoisotopic (exact) mass is 246 g/mol. The lowest BCUT2D eigenvalue weighted by Crippen LogP contribution is -2.41. The number of piperidine rings is 1. The summed E-state index contributed by atoms with van der Waals surface area (Å²) >= 11 is 0. The summed E-state index contributed by atoms with van der Waals surface area (Å²) in [6, 6.07) is 2.49. The molecule has 2 unspecified atom stereocenters. The van der Waals surface area contributed by atoms with Crippen molar-refractivity contribution in [2.24, 2.45) is 5.92 Å². The van der Waals surface area contributed by atoms with Crippen LogP contribution < -0.4 is 10.6 Å². The van der Waals surface area contributed by atoms with E-state index in [1.165, 1.54) is 25.7 Å². The molecule has 4 heteroatoms. The predicted molar refractivity (Wildman–Crippen MR) is 73.6 cm³/mol. The van der Waals surface area contributed by atoms with E-state index < -0.39 is 0 Å². The van der Waals surface area contributed by atoms with E-state index in [4.69, 9.17) is 10.7 Å². The van der Waals surface area contributed by atoms with Crippen molar-refractivity contribution >= 4 is 11.6 Å². The van der Waals surface area contributed by atoms with Gasteiger partial charge in [0.1, 0.15) is 17.5 Å². The lowest BCUT2D eigenvalue weighted by molar-refractivity contribution is 0.388. The van der Waals surface area contributed by atoms with Crippen molar-refractivity contribution in [1.29, 1.82) is 0 Å². The Morgan fingerprint density at radius 2 is 1.94 bits per heavy atom. The molecule has 0 aromatic carbocycles. The summed E-state index contributed by atoms with van der Waals surface area (Å²) in [5, 5.41) is 0. The van der Waals surface area contributed by atoms with Crippen LogP contribution in [0.3, 0.4) is 0 Å². The highest BCUT2D eigenvalue weighted by Gasteiger charge is 2.29. The fraction of sp³-hybridized carbons (Fsp3) is 0.714. The highest BCUT2D eigenvalue weighted by atomic mass is 15.2. The maximum absolute atomic E-state index is 5.93. The van der Waals surface area contributed by atoms with Gasteiger partial charge in [0.15, 0.2) is 0 Å². The molecule has 4 nitrogen and oxygen atoms in total. The molecule has 0 amide bonds. The van der Waals surface area contributed by atoms with Crippen LogP contribution in [-0.2, 0) is 0 Å². The Morgan fingerprint density at radius 1 is 1.17 bits per heavy atom. The van der Waals surface area contributed by atoms with E-state index in [0.29, 0.717) is 17.8 Å². The third-order valence-electron chi connectivity index (χ3n) is 4.10. The average Bonchev–Trinajstić information content (AvgIpc) is 3.15. The maximum atomic E-state index is 5.93. The molecule has 1 aliphatic heterocycles. The highest BCUT2D eigenvalue weighted by molar-refractivity contribution is 5.48. The van der Waals surface area contributed by atoms with Crippen molar-refractivity contribution in [3.05, 3.63) is 11.9 Å². The molecule has 2 atom stereocenters. The molecule has 2 heterocycles. The molecular weight excluding hydrogens is 224 g/mol. The van der Waals surface area contributed by atoms with Crippen LogP contribution in [0.5, 0.6) is 0 Å². The van der Waals surface area contributed by atoms with Crippen LogP contribution in [0, 0.1) is 5.92 Å². The Balaban J connectivity index is 1.89. The van der Waals surface area contributed by atoms with Crippen LogP contribution in [0.4, 0.5) is 11.6 Å². The van der Waals surface area contributed by atoms with Crippen LogP contribution >= 0.6 is 0 Å². The smallest absolute Gasteiger partial charge is 0.136 e. The highest BCUT2D eigenvalue weighted by Crippen LogP contribution is 2.39. The zero-order valence-electron chi connectivity index (χ0n) is 11.3. The molecule has 1 saturated heterocycles. The van der Waals surface area contributed by atoms with Crippen LogP contribution in [0.25, 0.3) is 0 Å². The molecule has 3 rings (SSSR count). The van der Waals surface area contributed by atoms with Crippen molar-refractivity contribution in [3.8, 4) is 0 Å². The summed E-state index contributed by atoms with van der Waals surface area (Å²) in [7, 11) is 0. The lowest BCUT2D eigenvalue weighted by Gasteiger charge is -2.37. The topological polar surface area (TPSA) is 55.0 Å². The van der Waals surface area contributed by atoms with E-state index >= 15 is 0 Å². The van der Waals surface area contributed by atoms with E-state index in [0.717, 1.165) is 24.1 Å². The molecule has 0 radical (unpaired) electrons. The van der Waals surface area contributed by atoms with Crippen LogP contribution in [0.1, 0.15) is 51.3 Å². The fourth-order valence-corrected chi connectivity index (χ4v) is 2.75. The summed E-state index contributed by atoms with van der Waals surface area (Å²) in [6.45, 7) is 5.67. The van der Waals surface area contributed by atoms with Gasteiger partial charge in [0.05, 0.1) is 0 Å². The number of anilines is 2. The SMILES string of the molecule is CC1CCC(C)N(c2cc(N)nc(C3CC3)n2)C1. The summed E-state index contributed by atoms with van der Waals surface area (Å²) in [5.74, 6) is 3.90. The zero-order valence-corrected chi connectivity index (χ0v) is 11.3. The van der Waals surface area contributed by atoms with Crippen LogP contribution in [0.15, 0.2) is 6.07 Å². The molecule has 1 aromatic heterocycles. The number of rotatable bonds is 2. The van der Waals surface area contributed by atoms with Crippen molar-refractivity contribution < 1.29 is 0 Å². The van der Waals surface area contributed by atoms with E-state index in [1.54, 1.807) is 0 Å². The summed E-state index contributed by atoms with van der Waals surface area (Å²) in [4.78, 5) is 11.5. The summed E-state index contributed by atoms with van der Waals surface area (Å²) in [5.41, 5.74) is 5.93. The van der Waals surface area contributed by atoms with Gasteiger partial charge < -0.3 is 10.6 Å².